The Balaban J connectivity index is 2.06. The normalized spacial score (nSPS) is 12.6. The Morgan fingerprint density at radius 3 is 1.89 bits per heavy atom. The van der Waals surface area contributed by atoms with Crippen LogP contribution in [0.2, 0.25) is 0 Å². The molecule has 0 bridgehead atoms. The van der Waals surface area contributed by atoms with Crippen molar-refractivity contribution in [2.75, 3.05) is 0 Å². The SMILES string of the molecule is CC(C)c1cccc(C(C)C)c1N=Cc1ccc2ccc(C(C)(C)C)ccc1-2. The van der Waals surface area contributed by atoms with Crippen LogP contribution in [0.4, 0.5) is 5.69 Å². The van der Waals surface area contributed by atoms with Crippen molar-refractivity contribution in [3.8, 4) is 11.1 Å². The van der Waals surface area contributed by atoms with Gasteiger partial charge in [0.1, 0.15) is 0 Å². The second-order valence-corrected chi connectivity index (χ2v) is 9.38. The van der Waals surface area contributed by atoms with E-state index >= 15 is 0 Å². The molecule has 0 amide bonds. The maximum Gasteiger partial charge on any atom is 0.0699 e. The Bertz CT molecular complexity index is 928. The highest BCUT2D eigenvalue weighted by Crippen LogP contribution is 2.35. The molecule has 0 radical (unpaired) electrons. The summed E-state index contributed by atoms with van der Waals surface area (Å²) >= 11 is 0. The highest BCUT2D eigenvalue weighted by Gasteiger charge is 2.15. The van der Waals surface area contributed by atoms with E-state index in [1.54, 1.807) is 0 Å². The molecule has 0 aliphatic heterocycles. The van der Waals surface area contributed by atoms with Crippen molar-refractivity contribution in [3.63, 3.8) is 0 Å². The van der Waals surface area contributed by atoms with Gasteiger partial charge in [0.15, 0.2) is 0 Å². The molecule has 146 valence electrons. The van der Waals surface area contributed by atoms with Gasteiger partial charge in [0.25, 0.3) is 0 Å². The van der Waals surface area contributed by atoms with Crippen LogP contribution in [-0.4, -0.2) is 6.21 Å². The van der Waals surface area contributed by atoms with Crippen molar-refractivity contribution < 1.29 is 0 Å². The molecule has 1 aromatic rings. The Hall–Kier alpha value is -2.41. The van der Waals surface area contributed by atoms with Gasteiger partial charge < -0.3 is 0 Å². The maximum atomic E-state index is 5.01. The quantitative estimate of drug-likeness (QED) is 0.411. The van der Waals surface area contributed by atoms with Gasteiger partial charge in [-0.25, -0.2) is 0 Å². The van der Waals surface area contributed by atoms with E-state index in [2.05, 4.69) is 103 Å². The van der Waals surface area contributed by atoms with E-state index < -0.39 is 0 Å². The summed E-state index contributed by atoms with van der Waals surface area (Å²) in [5.74, 6) is 0.906. The summed E-state index contributed by atoms with van der Waals surface area (Å²) < 4.78 is 0. The average molecular weight is 372 g/mol. The first-order valence-corrected chi connectivity index (χ1v) is 10.4. The van der Waals surface area contributed by atoms with Gasteiger partial charge in [0.2, 0.25) is 0 Å². The molecular formula is C27H33N. The molecule has 1 aromatic carbocycles. The van der Waals surface area contributed by atoms with Crippen LogP contribution in [-0.2, 0) is 5.41 Å². The fraction of sp³-hybridized carbons (Fsp3) is 0.370. The van der Waals surface area contributed by atoms with Crippen LogP contribution in [0.3, 0.4) is 0 Å². The van der Waals surface area contributed by atoms with Gasteiger partial charge in [-0.1, -0.05) is 103 Å². The lowest BCUT2D eigenvalue weighted by atomic mass is 9.88. The summed E-state index contributed by atoms with van der Waals surface area (Å²) in [4.78, 5) is 5.01. The molecule has 0 N–H and O–H groups in total. The van der Waals surface area contributed by atoms with Gasteiger partial charge in [0, 0.05) is 11.8 Å². The molecule has 2 aliphatic rings. The van der Waals surface area contributed by atoms with E-state index in [-0.39, 0.29) is 5.41 Å². The zero-order valence-corrected chi connectivity index (χ0v) is 18.4. The highest BCUT2D eigenvalue weighted by molar-refractivity contribution is 5.94. The van der Waals surface area contributed by atoms with Crippen molar-refractivity contribution in [3.05, 3.63) is 76.9 Å². The largest absolute Gasteiger partial charge is 0.256 e. The van der Waals surface area contributed by atoms with Crippen molar-refractivity contribution >= 4 is 11.9 Å². The fourth-order valence-corrected chi connectivity index (χ4v) is 3.68. The molecule has 0 saturated heterocycles. The standard InChI is InChI=1S/C27H33N/c1-18(2)23-9-8-10-24(19(3)4)26(23)28-17-21-12-11-20-13-14-22(27(5,6)7)15-16-25(20)21/h8-19H,1-7H3. The Labute approximate surface area is 170 Å². The van der Waals surface area contributed by atoms with Crippen LogP contribution in [0.5, 0.6) is 0 Å². The van der Waals surface area contributed by atoms with Crippen LogP contribution in [0.15, 0.2) is 59.6 Å². The van der Waals surface area contributed by atoms with Crippen molar-refractivity contribution in [2.45, 2.75) is 65.7 Å². The van der Waals surface area contributed by atoms with Crippen LogP contribution < -0.4 is 0 Å². The van der Waals surface area contributed by atoms with E-state index in [1.165, 1.54) is 33.4 Å². The average Bonchev–Trinajstić information content (AvgIpc) is 2.86. The van der Waals surface area contributed by atoms with Crippen LogP contribution in [0, 0.1) is 0 Å². The predicted molar refractivity (Wildman–Crippen MR) is 124 cm³/mol. The van der Waals surface area contributed by atoms with Crippen molar-refractivity contribution in [1.29, 1.82) is 0 Å². The molecule has 0 unspecified atom stereocenters. The number of hydrogen-bond donors (Lipinski definition) is 0. The van der Waals surface area contributed by atoms with Gasteiger partial charge in [-0.2, -0.15) is 0 Å². The number of fused-ring (bicyclic) bond motifs is 1. The molecule has 0 spiro atoms. The van der Waals surface area contributed by atoms with E-state index in [0.717, 1.165) is 5.69 Å². The molecule has 28 heavy (non-hydrogen) atoms. The van der Waals surface area contributed by atoms with E-state index in [1.807, 2.05) is 6.21 Å². The second kappa shape index (κ2) is 7.91. The predicted octanol–water partition coefficient (Wildman–Crippen LogP) is 8.09. The zero-order valence-electron chi connectivity index (χ0n) is 18.4. The number of para-hydroxylation sites is 1. The summed E-state index contributed by atoms with van der Waals surface area (Å²) in [7, 11) is 0. The molecule has 2 aliphatic carbocycles. The fourth-order valence-electron chi connectivity index (χ4n) is 3.68. The zero-order chi connectivity index (χ0) is 20.5. The first-order chi connectivity index (χ1) is 13.2. The molecule has 0 fully saturated rings. The monoisotopic (exact) mass is 371 g/mol. The molecule has 3 rings (SSSR count). The lowest BCUT2D eigenvalue weighted by molar-refractivity contribution is 0.591. The molecule has 0 atom stereocenters. The van der Waals surface area contributed by atoms with E-state index in [4.69, 9.17) is 4.99 Å². The summed E-state index contributed by atoms with van der Waals surface area (Å²) in [6.07, 6.45) is 2.05. The van der Waals surface area contributed by atoms with Crippen molar-refractivity contribution in [1.82, 2.24) is 0 Å². The Morgan fingerprint density at radius 2 is 1.32 bits per heavy atom. The minimum atomic E-state index is 0.146. The second-order valence-electron chi connectivity index (χ2n) is 9.38. The number of nitrogens with zero attached hydrogens (tertiary/aromatic N) is 1. The molecular weight excluding hydrogens is 338 g/mol. The van der Waals surface area contributed by atoms with Gasteiger partial charge in [-0.15, -0.1) is 0 Å². The third-order valence-corrected chi connectivity index (χ3v) is 5.48. The minimum Gasteiger partial charge on any atom is -0.256 e. The highest BCUT2D eigenvalue weighted by atomic mass is 14.7. The van der Waals surface area contributed by atoms with Crippen LogP contribution in [0.25, 0.3) is 11.1 Å². The number of aliphatic imine (C=N–C) groups is 1. The van der Waals surface area contributed by atoms with Crippen LogP contribution >= 0.6 is 0 Å². The topological polar surface area (TPSA) is 12.4 Å². The van der Waals surface area contributed by atoms with Gasteiger partial charge in [-0.05, 0) is 45.1 Å². The Morgan fingerprint density at radius 1 is 0.750 bits per heavy atom. The lowest BCUT2D eigenvalue weighted by Gasteiger charge is -2.17. The summed E-state index contributed by atoms with van der Waals surface area (Å²) in [5, 5.41) is 0. The van der Waals surface area contributed by atoms with E-state index in [9.17, 15) is 0 Å². The summed E-state index contributed by atoms with van der Waals surface area (Å²) in [5.41, 5.74) is 8.96. The van der Waals surface area contributed by atoms with E-state index in [0.29, 0.717) is 11.8 Å². The Kier molecular flexibility index (Phi) is 5.74. The smallest absolute Gasteiger partial charge is 0.0699 e. The molecule has 1 nitrogen and oxygen atoms in total. The molecule has 0 aromatic heterocycles. The van der Waals surface area contributed by atoms with Gasteiger partial charge >= 0.3 is 0 Å². The maximum absolute atomic E-state index is 5.01. The first-order valence-electron chi connectivity index (χ1n) is 10.4. The number of rotatable bonds is 4. The number of hydrogen-bond acceptors (Lipinski definition) is 1. The summed E-state index contributed by atoms with van der Waals surface area (Å²) in [6.45, 7) is 15.7. The van der Waals surface area contributed by atoms with Gasteiger partial charge in [-0.3, -0.25) is 4.99 Å². The minimum absolute atomic E-state index is 0.146. The first kappa shape index (κ1) is 20.3. The van der Waals surface area contributed by atoms with Gasteiger partial charge in [0.05, 0.1) is 5.69 Å². The summed E-state index contributed by atoms with van der Waals surface area (Å²) in [6, 6.07) is 19.9. The van der Waals surface area contributed by atoms with Crippen molar-refractivity contribution in [2.24, 2.45) is 4.99 Å². The third-order valence-electron chi connectivity index (χ3n) is 5.48. The number of benzene rings is 1. The molecule has 0 heterocycles. The van der Waals surface area contributed by atoms with Crippen LogP contribution in [0.1, 0.15) is 82.6 Å². The molecule has 0 saturated carbocycles. The lowest BCUT2D eigenvalue weighted by Crippen LogP contribution is -2.09. The third kappa shape index (κ3) is 4.19. The molecule has 1 heteroatoms.